The van der Waals surface area contributed by atoms with E-state index < -0.39 is 0 Å². The van der Waals surface area contributed by atoms with E-state index in [0.29, 0.717) is 15.8 Å². The van der Waals surface area contributed by atoms with E-state index >= 15 is 0 Å². The number of hydrogen-bond donors (Lipinski definition) is 2. The summed E-state index contributed by atoms with van der Waals surface area (Å²) in [5.41, 5.74) is 3.89. The SMILES string of the molecule is CC(C)C(=O)Nc1ccc(N2C(=S)N[C@@H](c3ccccn3)[C@@H]2c2cccn2-c2ccc(F)cc2)cc1Cl. The van der Waals surface area contributed by atoms with Crippen molar-refractivity contribution in [2.45, 2.75) is 25.9 Å². The number of rotatable bonds is 6. The minimum atomic E-state index is -0.298. The van der Waals surface area contributed by atoms with Crippen molar-refractivity contribution < 1.29 is 9.18 Å². The number of halogens is 2. The van der Waals surface area contributed by atoms with E-state index in [0.717, 1.165) is 22.8 Å². The molecule has 0 spiro atoms. The van der Waals surface area contributed by atoms with Crippen LogP contribution >= 0.6 is 23.8 Å². The van der Waals surface area contributed by atoms with Crippen molar-refractivity contribution in [3.8, 4) is 5.69 Å². The maximum Gasteiger partial charge on any atom is 0.226 e. The van der Waals surface area contributed by atoms with Gasteiger partial charge in [0.15, 0.2) is 5.11 Å². The highest BCUT2D eigenvalue weighted by Crippen LogP contribution is 2.43. The van der Waals surface area contributed by atoms with Crippen LogP contribution in [0.5, 0.6) is 0 Å². The number of nitrogens with zero attached hydrogens (tertiary/aromatic N) is 3. The molecule has 1 amide bonds. The number of benzene rings is 2. The van der Waals surface area contributed by atoms with Gasteiger partial charge in [-0.25, -0.2) is 4.39 Å². The zero-order chi connectivity index (χ0) is 26.1. The van der Waals surface area contributed by atoms with Gasteiger partial charge >= 0.3 is 0 Å². The molecule has 0 saturated carbocycles. The van der Waals surface area contributed by atoms with Gasteiger partial charge in [-0.2, -0.15) is 0 Å². The standard InChI is InChI=1S/C28H25ClFN5OS/c1-17(2)27(36)32-22-13-12-20(16-21(22)29)35-26(25(33-28(35)37)23-6-3-4-14-31-23)24-7-5-15-34(24)19-10-8-18(30)9-11-19/h3-17,25-26H,1-2H3,(H,32,36)(H,33,37)/t25-,26-/m0/s1. The smallest absolute Gasteiger partial charge is 0.226 e. The third-order valence-electron chi connectivity index (χ3n) is 6.30. The number of carbonyl (C=O) groups is 1. The zero-order valence-electron chi connectivity index (χ0n) is 20.2. The van der Waals surface area contributed by atoms with Crippen molar-refractivity contribution in [1.29, 1.82) is 0 Å². The van der Waals surface area contributed by atoms with Crippen molar-refractivity contribution in [2.24, 2.45) is 5.92 Å². The fraction of sp³-hybridized carbons (Fsp3) is 0.179. The molecule has 6 nitrogen and oxygen atoms in total. The molecule has 4 aromatic rings. The first-order valence-corrected chi connectivity index (χ1v) is 12.7. The van der Waals surface area contributed by atoms with E-state index in [4.69, 9.17) is 23.8 Å². The number of carbonyl (C=O) groups excluding carboxylic acids is 1. The normalized spacial score (nSPS) is 17.2. The average molecular weight is 534 g/mol. The predicted molar refractivity (Wildman–Crippen MR) is 149 cm³/mol. The predicted octanol–water partition coefficient (Wildman–Crippen LogP) is 6.44. The monoisotopic (exact) mass is 533 g/mol. The molecule has 5 rings (SSSR count). The Labute approximate surface area is 225 Å². The average Bonchev–Trinajstić information content (AvgIpc) is 3.50. The minimum absolute atomic E-state index is 0.113. The third-order valence-corrected chi connectivity index (χ3v) is 6.93. The highest BCUT2D eigenvalue weighted by atomic mass is 35.5. The van der Waals surface area contributed by atoms with Crippen molar-refractivity contribution in [2.75, 3.05) is 10.2 Å². The van der Waals surface area contributed by atoms with Crippen LogP contribution in [0.25, 0.3) is 5.69 Å². The molecule has 1 aliphatic rings. The largest absolute Gasteiger partial charge is 0.351 e. The topological polar surface area (TPSA) is 62.2 Å². The van der Waals surface area contributed by atoms with Gasteiger partial charge in [-0.05, 0) is 78.9 Å². The Hall–Kier alpha value is -3.75. The van der Waals surface area contributed by atoms with Gasteiger partial charge in [-0.1, -0.05) is 31.5 Å². The molecule has 1 saturated heterocycles. The first kappa shape index (κ1) is 24.9. The van der Waals surface area contributed by atoms with Crippen LogP contribution in [0.2, 0.25) is 5.02 Å². The molecule has 0 unspecified atom stereocenters. The summed E-state index contributed by atoms with van der Waals surface area (Å²) in [4.78, 5) is 18.8. The lowest BCUT2D eigenvalue weighted by molar-refractivity contribution is -0.118. The number of anilines is 2. The van der Waals surface area contributed by atoms with Gasteiger partial charge in [0.25, 0.3) is 0 Å². The summed E-state index contributed by atoms with van der Waals surface area (Å²) in [6, 6.07) is 21.0. The van der Waals surface area contributed by atoms with Crippen LogP contribution in [0.15, 0.2) is 85.2 Å². The number of pyridine rings is 1. The van der Waals surface area contributed by atoms with Gasteiger partial charge < -0.3 is 20.1 Å². The Morgan fingerprint density at radius 1 is 1.08 bits per heavy atom. The molecule has 0 radical (unpaired) electrons. The highest BCUT2D eigenvalue weighted by molar-refractivity contribution is 7.80. The van der Waals surface area contributed by atoms with E-state index in [1.165, 1.54) is 12.1 Å². The van der Waals surface area contributed by atoms with Crippen molar-refractivity contribution in [3.63, 3.8) is 0 Å². The van der Waals surface area contributed by atoms with Crippen LogP contribution in [0, 0.1) is 11.7 Å². The third kappa shape index (κ3) is 4.95. The summed E-state index contributed by atoms with van der Waals surface area (Å²) in [6.07, 6.45) is 3.69. The number of amides is 1. The first-order chi connectivity index (χ1) is 17.8. The molecule has 1 fully saturated rings. The molecule has 1 aliphatic heterocycles. The summed E-state index contributed by atoms with van der Waals surface area (Å²) < 4.78 is 15.7. The Kier molecular flexibility index (Phi) is 6.95. The number of nitrogens with one attached hydrogen (secondary N) is 2. The first-order valence-electron chi connectivity index (χ1n) is 11.9. The van der Waals surface area contributed by atoms with E-state index in [-0.39, 0.29) is 29.7 Å². The second kappa shape index (κ2) is 10.3. The molecular weight excluding hydrogens is 509 g/mol. The molecule has 0 bridgehead atoms. The van der Waals surface area contributed by atoms with E-state index in [9.17, 15) is 9.18 Å². The van der Waals surface area contributed by atoms with Crippen LogP contribution < -0.4 is 15.5 Å². The van der Waals surface area contributed by atoms with Crippen molar-refractivity contribution >= 4 is 46.2 Å². The van der Waals surface area contributed by atoms with Crippen LogP contribution in [-0.4, -0.2) is 20.6 Å². The van der Waals surface area contributed by atoms with Crippen LogP contribution in [0.3, 0.4) is 0 Å². The van der Waals surface area contributed by atoms with Gasteiger partial charge in [0.05, 0.1) is 22.4 Å². The Balaban J connectivity index is 1.59. The molecule has 37 heavy (non-hydrogen) atoms. The second-order valence-corrected chi connectivity index (χ2v) is 9.88. The van der Waals surface area contributed by atoms with E-state index in [1.54, 1.807) is 30.5 Å². The van der Waals surface area contributed by atoms with Gasteiger partial charge in [0, 0.05) is 35.4 Å². The van der Waals surface area contributed by atoms with Crippen molar-refractivity contribution in [1.82, 2.24) is 14.9 Å². The molecule has 188 valence electrons. The number of hydrogen-bond acceptors (Lipinski definition) is 3. The Bertz CT molecular complexity index is 1440. The minimum Gasteiger partial charge on any atom is -0.351 e. The van der Waals surface area contributed by atoms with Crippen LogP contribution in [0.4, 0.5) is 15.8 Å². The fourth-order valence-electron chi connectivity index (χ4n) is 4.44. The van der Waals surface area contributed by atoms with Gasteiger partial charge in [-0.3, -0.25) is 9.78 Å². The molecule has 2 aromatic heterocycles. The Morgan fingerprint density at radius 2 is 1.84 bits per heavy atom. The summed E-state index contributed by atoms with van der Waals surface area (Å²) in [5.74, 6) is -0.583. The lowest BCUT2D eigenvalue weighted by Gasteiger charge is -2.29. The maximum atomic E-state index is 13.6. The maximum absolute atomic E-state index is 13.6. The number of aromatic nitrogens is 2. The quantitative estimate of drug-likeness (QED) is 0.279. The van der Waals surface area contributed by atoms with Crippen LogP contribution in [-0.2, 0) is 4.79 Å². The molecule has 0 aliphatic carbocycles. The molecule has 2 aromatic carbocycles. The van der Waals surface area contributed by atoms with Gasteiger partial charge in [0.2, 0.25) is 5.91 Å². The lowest BCUT2D eigenvalue weighted by atomic mass is 10.0. The number of thiocarbonyl (C=S) groups is 1. The van der Waals surface area contributed by atoms with E-state index in [1.807, 2.05) is 65.9 Å². The second-order valence-electron chi connectivity index (χ2n) is 9.08. The summed E-state index contributed by atoms with van der Waals surface area (Å²) >= 11 is 12.4. The lowest BCUT2D eigenvalue weighted by Crippen LogP contribution is -2.30. The fourth-order valence-corrected chi connectivity index (χ4v) is 5.01. The molecule has 3 heterocycles. The van der Waals surface area contributed by atoms with Crippen LogP contribution in [0.1, 0.15) is 37.3 Å². The van der Waals surface area contributed by atoms with Crippen molar-refractivity contribution in [3.05, 3.63) is 107 Å². The summed E-state index contributed by atoms with van der Waals surface area (Å²) in [5, 5.41) is 7.22. The molecule has 2 atom stereocenters. The zero-order valence-corrected chi connectivity index (χ0v) is 21.8. The van der Waals surface area contributed by atoms with Gasteiger partial charge in [-0.15, -0.1) is 0 Å². The van der Waals surface area contributed by atoms with Gasteiger partial charge in [0.1, 0.15) is 11.9 Å². The Morgan fingerprint density at radius 3 is 2.51 bits per heavy atom. The molecular formula is C28H25ClFN5OS. The molecule has 9 heteroatoms. The molecule has 2 N–H and O–H groups in total. The van der Waals surface area contributed by atoms with E-state index in [2.05, 4.69) is 15.6 Å². The highest BCUT2D eigenvalue weighted by Gasteiger charge is 2.42. The summed E-state index contributed by atoms with van der Waals surface area (Å²) in [7, 11) is 0. The summed E-state index contributed by atoms with van der Waals surface area (Å²) in [6.45, 7) is 3.65.